The molecule has 0 saturated carbocycles. The van der Waals surface area contributed by atoms with E-state index in [1.54, 1.807) is 13.8 Å². The molecule has 14 nitrogen and oxygen atoms in total. The smallest absolute Gasteiger partial charge is 0.326 e. The summed E-state index contributed by atoms with van der Waals surface area (Å²) in [6.45, 7) is 3.98. The number of carbonyl (C=O) groups is 6. The Labute approximate surface area is 210 Å². The molecule has 4 unspecified atom stereocenters. The first-order valence-electron chi connectivity index (χ1n) is 11.9. The van der Waals surface area contributed by atoms with Crippen LogP contribution < -0.4 is 33.2 Å². The van der Waals surface area contributed by atoms with Gasteiger partial charge in [0.25, 0.3) is 0 Å². The molecule has 0 aliphatic heterocycles. The molecule has 206 valence electrons. The van der Waals surface area contributed by atoms with Crippen LogP contribution in [0.5, 0.6) is 0 Å². The van der Waals surface area contributed by atoms with Gasteiger partial charge in [-0.1, -0.05) is 13.8 Å². The number of nitrogens with two attached hydrogens (primary N) is 3. The quantitative estimate of drug-likeness (QED) is 0.0889. The molecule has 4 amide bonds. The maximum absolute atomic E-state index is 13.0. The lowest BCUT2D eigenvalue weighted by atomic mass is 10.0. The van der Waals surface area contributed by atoms with Crippen LogP contribution in [0.15, 0.2) is 0 Å². The fourth-order valence-electron chi connectivity index (χ4n) is 3.24. The van der Waals surface area contributed by atoms with Gasteiger partial charge in [-0.2, -0.15) is 0 Å². The summed E-state index contributed by atoms with van der Waals surface area (Å²) in [5, 5.41) is 25.5. The summed E-state index contributed by atoms with van der Waals surface area (Å²) in [5.41, 5.74) is 16.3. The lowest BCUT2D eigenvalue weighted by molar-refractivity contribution is -0.142. The summed E-state index contributed by atoms with van der Waals surface area (Å²) in [5.74, 6) is -5.48. The van der Waals surface area contributed by atoms with Crippen molar-refractivity contribution in [2.75, 3.05) is 6.54 Å². The van der Waals surface area contributed by atoms with Crippen molar-refractivity contribution in [3.63, 3.8) is 0 Å². The highest BCUT2D eigenvalue weighted by atomic mass is 16.4. The number of nitrogens with one attached hydrogen (secondary N) is 3. The van der Waals surface area contributed by atoms with Crippen molar-refractivity contribution in [3.8, 4) is 0 Å². The molecule has 36 heavy (non-hydrogen) atoms. The summed E-state index contributed by atoms with van der Waals surface area (Å²) < 4.78 is 0. The zero-order valence-electron chi connectivity index (χ0n) is 20.8. The van der Waals surface area contributed by atoms with E-state index < -0.39 is 59.7 Å². The Bertz CT molecular complexity index is 776. The summed E-state index contributed by atoms with van der Waals surface area (Å²) in [6.07, 6.45) is 0.411. The van der Waals surface area contributed by atoms with E-state index in [0.717, 1.165) is 0 Å². The predicted molar refractivity (Wildman–Crippen MR) is 129 cm³/mol. The number of hydrogen-bond acceptors (Lipinski definition) is 8. The zero-order chi connectivity index (χ0) is 27.8. The first-order valence-corrected chi connectivity index (χ1v) is 11.9. The third kappa shape index (κ3) is 14.2. The van der Waals surface area contributed by atoms with Gasteiger partial charge in [0.2, 0.25) is 23.6 Å². The zero-order valence-corrected chi connectivity index (χ0v) is 20.8. The van der Waals surface area contributed by atoms with E-state index in [1.807, 2.05) is 0 Å². The summed E-state index contributed by atoms with van der Waals surface area (Å²) in [6, 6.07) is -4.80. The number of carboxylic acids is 2. The van der Waals surface area contributed by atoms with E-state index in [1.165, 1.54) is 0 Å². The van der Waals surface area contributed by atoms with Crippen LogP contribution in [0, 0.1) is 5.92 Å². The molecule has 0 aromatic heterocycles. The minimum Gasteiger partial charge on any atom is -0.481 e. The van der Waals surface area contributed by atoms with Gasteiger partial charge in [-0.05, 0) is 51.0 Å². The average molecular weight is 517 g/mol. The number of primary amides is 1. The van der Waals surface area contributed by atoms with Crippen molar-refractivity contribution >= 4 is 35.6 Å². The van der Waals surface area contributed by atoms with Crippen LogP contribution in [0.25, 0.3) is 0 Å². The molecule has 0 rings (SSSR count). The minimum absolute atomic E-state index is 0.0651. The van der Waals surface area contributed by atoms with Gasteiger partial charge in [0.15, 0.2) is 0 Å². The molecule has 0 aromatic rings. The Kier molecular flexibility index (Phi) is 15.7. The van der Waals surface area contributed by atoms with Gasteiger partial charge in [-0.3, -0.25) is 24.0 Å². The molecular formula is C22H40N6O8. The van der Waals surface area contributed by atoms with Crippen LogP contribution >= 0.6 is 0 Å². The topological polar surface area (TPSA) is 257 Å². The monoisotopic (exact) mass is 516 g/mol. The first kappa shape index (κ1) is 32.7. The number of aliphatic carboxylic acids is 2. The van der Waals surface area contributed by atoms with Gasteiger partial charge in [-0.15, -0.1) is 0 Å². The Hall–Kier alpha value is -3.26. The van der Waals surface area contributed by atoms with E-state index in [0.29, 0.717) is 19.4 Å². The Morgan fingerprint density at radius 3 is 1.81 bits per heavy atom. The van der Waals surface area contributed by atoms with Gasteiger partial charge in [0, 0.05) is 12.8 Å². The Morgan fingerprint density at radius 1 is 0.750 bits per heavy atom. The first-order chi connectivity index (χ1) is 16.8. The second-order valence-electron chi connectivity index (χ2n) is 8.98. The second kappa shape index (κ2) is 17.2. The molecule has 0 radical (unpaired) electrons. The highest BCUT2D eigenvalue weighted by Crippen LogP contribution is 2.09. The van der Waals surface area contributed by atoms with Crippen LogP contribution in [0.1, 0.15) is 65.2 Å². The standard InChI is InChI=1S/C22H40N6O8/c1-12(2)11-16(21(34)27-15(22(35)36)5-3-4-10-23)28-20(33)14(7-8-17(25)29)26-19(32)13(24)6-9-18(30)31/h12-16H,3-11,23-24H2,1-2H3,(H2,25,29)(H,26,32)(H,27,34)(H,28,33)(H,30,31)(H,35,36). The lowest BCUT2D eigenvalue weighted by Gasteiger charge is -2.26. The molecule has 0 aliphatic rings. The maximum Gasteiger partial charge on any atom is 0.326 e. The van der Waals surface area contributed by atoms with Crippen LogP contribution in [0.4, 0.5) is 0 Å². The number of rotatable bonds is 19. The highest BCUT2D eigenvalue weighted by Gasteiger charge is 2.30. The van der Waals surface area contributed by atoms with Gasteiger partial charge in [0.05, 0.1) is 6.04 Å². The van der Waals surface area contributed by atoms with E-state index in [4.69, 9.17) is 22.3 Å². The molecule has 4 atom stereocenters. The highest BCUT2D eigenvalue weighted by molar-refractivity contribution is 5.94. The van der Waals surface area contributed by atoms with E-state index in [2.05, 4.69) is 16.0 Å². The Morgan fingerprint density at radius 2 is 1.31 bits per heavy atom. The van der Waals surface area contributed by atoms with Crippen molar-refractivity contribution in [1.29, 1.82) is 0 Å². The SMILES string of the molecule is CC(C)CC(NC(=O)C(CCC(N)=O)NC(=O)C(N)CCC(=O)O)C(=O)NC(CCCCN)C(=O)O. The summed E-state index contributed by atoms with van der Waals surface area (Å²) in [7, 11) is 0. The second-order valence-corrected chi connectivity index (χ2v) is 8.98. The van der Waals surface area contributed by atoms with E-state index >= 15 is 0 Å². The lowest BCUT2D eigenvalue weighted by Crippen LogP contribution is -2.57. The molecule has 0 spiro atoms. The van der Waals surface area contributed by atoms with Gasteiger partial charge in [-0.25, -0.2) is 4.79 Å². The fourth-order valence-corrected chi connectivity index (χ4v) is 3.24. The Balaban J connectivity index is 5.51. The van der Waals surface area contributed by atoms with Crippen LogP contribution in [0.3, 0.4) is 0 Å². The summed E-state index contributed by atoms with van der Waals surface area (Å²) >= 11 is 0. The third-order valence-corrected chi connectivity index (χ3v) is 5.22. The van der Waals surface area contributed by atoms with Crippen molar-refractivity contribution in [2.24, 2.45) is 23.1 Å². The minimum atomic E-state index is -1.29. The molecule has 0 aliphatic carbocycles. The molecule has 0 bridgehead atoms. The van der Waals surface area contributed by atoms with Crippen LogP contribution in [-0.2, 0) is 28.8 Å². The number of carboxylic acid groups (broad SMARTS) is 2. The molecule has 0 fully saturated rings. The van der Waals surface area contributed by atoms with Crippen molar-refractivity contribution < 1.29 is 39.0 Å². The van der Waals surface area contributed by atoms with Crippen LogP contribution in [-0.4, -0.2) is 76.5 Å². The van der Waals surface area contributed by atoms with E-state index in [9.17, 15) is 33.9 Å². The van der Waals surface area contributed by atoms with Crippen molar-refractivity contribution in [1.82, 2.24) is 16.0 Å². The normalized spacial score (nSPS) is 14.2. The maximum atomic E-state index is 13.0. The predicted octanol–water partition coefficient (Wildman–Crippen LogP) is -1.84. The number of carbonyl (C=O) groups excluding carboxylic acids is 4. The largest absolute Gasteiger partial charge is 0.481 e. The number of unbranched alkanes of at least 4 members (excludes halogenated alkanes) is 1. The molecule has 11 N–H and O–H groups in total. The van der Waals surface area contributed by atoms with Gasteiger partial charge >= 0.3 is 11.9 Å². The van der Waals surface area contributed by atoms with Crippen molar-refractivity contribution in [3.05, 3.63) is 0 Å². The molecular weight excluding hydrogens is 476 g/mol. The van der Waals surface area contributed by atoms with E-state index in [-0.39, 0.29) is 44.4 Å². The molecule has 0 saturated heterocycles. The molecule has 0 aromatic carbocycles. The molecule has 14 heteroatoms. The number of hydrogen-bond donors (Lipinski definition) is 8. The van der Waals surface area contributed by atoms with Crippen LogP contribution in [0.2, 0.25) is 0 Å². The molecule has 0 heterocycles. The fraction of sp³-hybridized carbons (Fsp3) is 0.727. The summed E-state index contributed by atoms with van der Waals surface area (Å²) in [4.78, 5) is 71.8. The third-order valence-electron chi connectivity index (χ3n) is 5.22. The van der Waals surface area contributed by atoms with Gasteiger partial charge < -0.3 is 43.4 Å². The number of amides is 4. The van der Waals surface area contributed by atoms with Crippen molar-refractivity contribution in [2.45, 2.75) is 89.4 Å². The van der Waals surface area contributed by atoms with Gasteiger partial charge in [0.1, 0.15) is 18.1 Å². The average Bonchev–Trinajstić information content (AvgIpc) is 2.78.